The molecule has 3 nitrogen and oxygen atoms in total. The van der Waals surface area contributed by atoms with Gasteiger partial charge in [0, 0.05) is 33.8 Å². The van der Waals surface area contributed by atoms with Crippen molar-refractivity contribution in [2.75, 3.05) is 17.7 Å². The first kappa shape index (κ1) is 14.0. The monoisotopic (exact) mass is 353 g/mol. The van der Waals surface area contributed by atoms with Crippen LogP contribution in [0.15, 0.2) is 12.4 Å². The Kier molecular flexibility index (Phi) is 5.75. The summed E-state index contributed by atoms with van der Waals surface area (Å²) in [6.07, 6.45) is 5.72. The Balaban J connectivity index is 2.58. The number of hydrogen-bond donors (Lipinski definition) is 1. The molecule has 0 aliphatic carbocycles. The van der Waals surface area contributed by atoms with Gasteiger partial charge in [-0.1, -0.05) is 13.8 Å². The van der Waals surface area contributed by atoms with E-state index in [0.29, 0.717) is 11.8 Å². The van der Waals surface area contributed by atoms with Crippen molar-refractivity contribution in [3.05, 3.63) is 16.0 Å². The number of nitrogens with zero attached hydrogens (tertiary/aromatic N) is 2. The fourth-order valence-corrected chi connectivity index (χ4v) is 2.16. The highest BCUT2D eigenvalue weighted by molar-refractivity contribution is 14.1. The molecule has 1 aromatic heterocycles. The topological polar surface area (TPSA) is 37.8 Å². The molecule has 1 aromatic rings. The summed E-state index contributed by atoms with van der Waals surface area (Å²) < 4.78 is 1.04. The maximum atomic E-state index is 6.03. The van der Waals surface area contributed by atoms with Gasteiger partial charge in [-0.2, -0.15) is 0 Å². The Labute approximate surface area is 116 Å². The van der Waals surface area contributed by atoms with Crippen LogP contribution in [0, 0.1) is 8.99 Å². The lowest BCUT2D eigenvalue weighted by Crippen LogP contribution is -2.30. The van der Waals surface area contributed by atoms with Gasteiger partial charge in [-0.05, 0) is 35.4 Å². The fourth-order valence-electron chi connectivity index (χ4n) is 1.41. The first-order valence-corrected chi connectivity index (χ1v) is 7.04. The number of halogens is 2. The minimum absolute atomic E-state index is 0.147. The molecule has 1 rings (SSSR count). The van der Waals surface area contributed by atoms with Gasteiger partial charge in [-0.25, -0.2) is 9.97 Å². The van der Waals surface area contributed by atoms with Crippen LogP contribution in [-0.4, -0.2) is 22.4 Å². The molecule has 0 aliphatic rings. The van der Waals surface area contributed by atoms with E-state index in [1.54, 1.807) is 12.4 Å². The van der Waals surface area contributed by atoms with Gasteiger partial charge in [-0.3, -0.25) is 0 Å². The van der Waals surface area contributed by atoms with Crippen molar-refractivity contribution in [1.82, 2.24) is 9.97 Å². The SMILES string of the molecule is CCC(CC)(CCl)CNc1ncc(I)cn1. The molecule has 0 saturated carbocycles. The number of anilines is 1. The maximum absolute atomic E-state index is 6.03. The maximum Gasteiger partial charge on any atom is 0.222 e. The van der Waals surface area contributed by atoms with Crippen LogP contribution in [0.4, 0.5) is 5.95 Å². The molecule has 0 amide bonds. The van der Waals surface area contributed by atoms with E-state index >= 15 is 0 Å². The summed E-state index contributed by atoms with van der Waals surface area (Å²) in [5.41, 5.74) is 0.147. The van der Waals surface area contributed by atoms with Crippen LogP contribution in [0.25, 0.3) is 0 Å². The summed E-state index contributed by atoms with van der Waals surface area (Å²) >= 11 is 8.22. The zero-order valence-corrected chi connectivity index (χ0v) is 12.5. The van der Waals surface area contributed by atoms with Crippen LogP contribution >= 0.6 is 34.2 Å². The van der Waals surface area contributed by atoms with E-state index in [9.17, 15) is 0 Å². The van der Waals surface area contributed by atoms with Crippen molar-refractivity contribution >= 4 is 40.1 Å². The van der Waals surface area contributed by atoms with Crippen molar-refractivity contribution in [2.45, 2.75) is 26.7 Å². The zero-order valence-electron chi connectivity index (χ0n) is 9.63. The Morgan fingerprint density at radius 1 is 1.31 bits per heavy atom. The van der Waals surface area contributed by atoms with E-state index in [1.165, 1.54) is 0 Å². The van der Waals surface area contributed by atoms with Gasteiger partial charge in [0.2, 0.25) is 5.95 Å². The van der Waals surface area contributed by atoms with Crippen molar-refractivity contribution in [3.63, 3.8) is 0 Å². The second-order valence-electron chi connectivity index (χ2n) is 3.92. The smallest absolute Gasteiger partial charge is 0.222 e. The highest BCUT2D eigenvalue weighted by atomic mass is 127. The first-order valence-electron chi connectivity index (χ1n) is 5.43. The molecule has 0 aliphatic heterocycles. The summed E-state index contributed by atoms with van der Waals surface area (Å²) in [4.78, 5) is 8.42. The molecule has 0 radical (unpaired) electrons. The molecule has 0 aromatic carbocycles. The van der Waals surface area contributed by atoms with Gasteiger partial charge in [0.05, 0.1) is 0 Å². The lowest BCUT2D eigenvalue weighted by Gasteiger charge is -2.29. The van der Waals surface area contributed by atoms with E-state index in [0.717, 1.165) is 23.0 Å². The summed E-state index contributed by atoms with van der Waals surface area (Å²) in [6, 6.07) is 0. The summed E-state index contributed by atoms with van der Waals surface area (Å²) in [5.74, 6) is 1.34. The predicted octanol–water partition coefficient (Wildman–Crippen LogP) is 3.54. The molecule has 1 N–H and O–H groups in total. The molecular weight excluding hydrogens is 336 g/mol. The zero-order chi connectivity index (χ0) is 12.0. The molecule has 16 heavy (non-hydrogen) atoms. The van der Waals surface area contributed by atoms with Crippen LogP contribution < -0.4 is 5.32 Å². The van der Waals surface area contributed by atoms with E-state index in [-0.39, 0.29) is 5.41 Å². The van der Waals surface area contributed by atoms with E-state index in [2.05, 4.69) is 51.7 Å². The van der Waals surface area contributed by atoms with E-state index in [1.807, 2.05) is 0 Å². The van der Waals surface area contributed by atoms with Crippen molar-refractivity contribution in [3.8, 4) is 0 Å². The quantitative estimate of drug-likeness (QED) is 0.628. The van der Waals surface area contributed by atoms with Crippen LogP contribution in [0.1, 0.15) is 26.7 Å². The van der Waals surface area contributed by atoms with E-state index < -0.39 is 0 Å². The van der Waals surface area contributed by atoms with Crippen molar-refractivity contribution in [1.29, 1.82) is 0 Å². The second kappa shape index (κ2) is 6.59. The molecule has 90 valence electrons. The number of nitrogens with one attached hydrogen (secondary N) is 1. The Morgan fingerprint density at radius 3 is 2.31 bits per heavy atom. The lowest BCUT2D eigenvalue weighted by molar-refractivity contribution is 0.326. The summed E-state index contributed by atoms with van der Waals surface area (Å²) in [6.45, 7) is 5.16. The Bertz CT molecular complexity index is 303. The Hall–Kier alpha value is -0.100. The molecule has 0 bridgehead atoms. The third-order valence-electron chi connectivity index (χ3n) is 3.03. The molecule has 0 fully saturated rings. The van der Waals surface area contributed by atoms with Gasteiger partial charge in [0.1, 0.15) is 0 Å². The highest BCUT2D eigenvalue weighted by Crippen LogP contribution is 2.27. The van der Waals surface area contributed by atoms with Crippen LogP contribution in [-0.2, 0) is 0 Å². The standard InChI is InChI=1S/C11H17ClIN3/c1-3-11(4-2,7-12)8-16-10-14-5-9(13)6-15-10/h5-6H,3-4,7-8H2,1-2H3,(H,14,15,16). The Morgan fingerprint density at radius 2 is 1.88 bits per heavy atom. The van der Waals surface area contributed by atoms with Crippen molar-refractivity contribution in [2.24, 2.45) is 5.41 Å². The molecule has 0 atom stereocenters. The first-order chi connectivity index (χ1) is 7.65. The molecule has 1 heterocycles. The fraction of sp³-hybridized carbons (Fsp3) is 0.636. The van der Waals surface area contributed by atoms with Gasteiger partial charge >= 0.3 is 0 Å². The predicted molar refractivity (Wildman–Crippen MR) is 77.0 cm³/mol. The summed E-state index contributed by atoms with van der Waals surface area (Å²) in [5, 5.41) is 3.26. The minimum atomic E-state index is 0.147. The molecule has 0 saturated heterocycles. The molecule has 0 unspecified atom stereocenters. The van der Waals surface area contributed by atoms with Crippen LogP contribution in [0.2, 0.25) is 0 Å². The van der Waals surface area contributed by atoms with Gasteiger partial charge < -0.3 is 5.32 Å². The summed E-state index contributed by atoms with van der Waals surface area (Å²) in [7, 11) is 0. The largest absolute Gasteiger partial charge is 0.354 e. The third-order valence-corrected chi connectivity index (χ3v) is 4.15. The molecular formula is C11H17ClIN3. The van der Waals surface area contributed by atoms with Crippen LogP contribution in [0.5, 0.6) is 0 Å². The number of alkyl halides is 1. The number of aromatic nitrogens is 2. The third kappa shape index (κ3) is 3.73. The molecule has 5 heteroatoms. The minimum Gasteiger partial charge on any atom is -0.354 e. The number of rotatable bonds is 6. The van der Waals surface area contributed by atoms with Crippen molar-refractivity contribution < 1.29 is 0 Å². The van der Waals surface area contributed by atoms with Crippen LogP contribution in [0.3, 0.4) is 0 Å². The highest BCUT2D eigenvalue weighted by Gasteiger charge is 2.24. The average molecular weight is 354 g/mol. The molecule has 0 spiro atoms. The lowest BCUT2D eigenvalue weighted by atomic mass is 9.84. The number of hydrogen-bond acceptors (Lipinski definition) is 3. The van der Waals surface area contributed by atoms with Gasteiger partial charge in [-0.15, -0.1) is 11.6 Å². The second-order valence-corrected chi connectivity index (χ2v) is 5.43. The normalized spacial score (nSPS) is 11.5. The van der Waals surface area contributed by atoms with E-state index in [4.69, 9.17) is 11.6 Å². The van der Waals surface area contributed by atoms with Gasteiger partial charge in [0.25, 0.3) is 0 Å². The average Bonchev–Trinajstić information content (AvgIpc) is 2.34. The van der Waals surface area contributed by atoms with Gasteiger partial charge in [0.15, 0.2) is 0 Å².